The Labute approximate surface area is 130 Å². The molecule has 90 valence electrons. The molecule has 0 saturated carbocycles. The van der Waals surface area contributed by atoms with Gasteiger partial charge in [0, 0.05) is 21.2 Å². The van der Waals surface area contributed by atoms with Gasteiger partial charge < -0.3 is 5.11 Å². The number of halogens is 4. The third-order valence-electron chi connectivity index (χ3n) is 2.23. The first-order valence-electron chi connectivity index (χ1n) is 4.57. The van der Waals surface area contributed by atoms with Crippen molar-refractivity contribution in [3.63, 3.8) is 0 Å². The fourth-order valence-electron chi connectivity index (χ4n) is 1.43. The highest BCUT2D eigenvalue weighted by Crippen LogP contribution is 2.39. The summed E-state index contributed by atoms with van der Waals surface area (Å²) < 4.78 is 1.83. The molecule has 1 atom stereocenters. The molecule has 0 fully saturated rings. The SMILES string of the molecule is OC(c1ccc(Cl)cc1Cl)c1cc(Br)sc1Br. The van der Waals surface area contributed by atoms with Crippen LogP contribution in [0.25, 0.3) is 0 Å². The Morgan fingerprint density at radius 3 is 2.35 bits per heavy atom. The van der Waals surface area contributed by atoms with Crippen molar-refractivity contribution in [2.45, 2.75) is 6.10 Å². The van der Waals surface area contributed by atoms with Crippen molar-refractivity contribution in [1.29, 1.82) is 0 Å². The quantitative estimate of drug-likeness (QED) is 0.669. The third-order valence-corrected chi connectivity index (χ3v) is 5.18. The number of benzene rings is 1. The van der Waals surface area contributed by atoms with Gasteiger partial charge in [-0.1, -0.05) is 29.3 Å². The van der Waals surface area contributed by atoms with E-state index in [-0.39, 0.29) is 0 Å². The summed E-state index contributed by atoms with van der Waals surface area (Å²) in [6.45, 7) is 0. The topological polar surface area (TPSA) is 20.2 Å². The Morgan fingerprint density at radius 1 is 1.12 bits per heavy atom. The van der Waals surface area contributed by atoms with Crippen LogP contribution < -0.4 is 0 Å². The number of rotatable bonds is 2. The summed E-state index contributed by atoms with van der Waals surface area (Å²) in [5.41, 5.74) is 1.42. The summed E-state index contributed by atoms with van der Waals surface area (Å²) >= 11 is 20.2. The van der Waals surface area contributed by atoms with Crippen LogP contribution >= 0.6 is 66.4 Å². The predicted octanol–water partition coefficient (Wildman–Crippen LogP) is 5.66. The second-order valence-electron chi connectivity index (χ2n) is 3.35. The van der Waals surface area contributed by atoms with Crippen LogP contribution in [-0.4, -0.2) is 5.11 Å². The highest BCUT2D eigenvalue weighted by atomic mass is 79.9. The lowest BCUT2D eigenvalue weighted by atomic mass is 10.0. The molecule has 0 aliphatic rings. The highest BCUT2D eigenvalue weighted by Gasteiger charge is 2.19. The maximum atomic E-state index is 10.3. The zero-order chi connectivity index (χ0) is 12.6. The molecular formula is C11H6Br2Cl2OS. The predicted molar refractivity (Wildman–Crippen MR) is 80.2 cm³/mol. The van der Waals surface area contributed by atoms with Gasteiger partial charge in [0.2, 0.25) is 0 Å². The van der Waals surface area contributed by atoms with E-state index in [0.29, 0.717) is 15.6 Å². The minimum Gasteiger partial charge on any atom is -0.384 e. The van der Waals surface area contributed by atoms with Crippen LogP contribution in [-0.2, 0) is 0 Å². The normalized spacial score (nSPS) is 12.8. The Morgan fingerprint density at radius 2 is 1.82 bits per heavy atom. The van der Waals surface area contributed by atoms with Crippen LogP contribution in [0.4, 0.5) is 0 Å². The van der Waals surface area contributed by atoms with E-state index in [9.17, 15) is 5.11 Å². The summed E-state index contributed by atoms with van der Waals surface area (Å²) in [5, 5.41) is 11.3. The molecule has 6 heteroatoms. The van der Waals surface area contributed by atoms with Gasteiger partial charge in [0.05, 0.1) is 7.57 Å². The van der Waals surface area contributed by atoms with Crippen molar-refractivity contribution in [2.75, 3.05) is 0 Å². The Hall–Kier alpha value is 0.420. The van der Waals surface area contributed by atoms with E-state index in [2.05, 4.69) is 31.9 Å². The molecule has 0 amide bonds. The van der Waals surface area contributed by atoms with E-state index in [1.165, 1.54) is 11.3 Å². The summed E-state index contributed by atoms with van der Waals surface area (Å²) in [6, 6.07) is 6.93. The molecule has 1 unspecified atom stereocenters. The molecular weight excluding hydrogens is 411 g/mol. The molecule has 0 saturated heterocycles. The van der Waals surface area contributed by atoms with Gasteiger partial charge in [-0.3, -0.25) is 0 Å². The van der Waals surface area contributed by atoms with E-state index < -0.39 is 6.10 Å². The smallest absolute Gasteiger partial charge is 0.107 e. The molecule has 2 rings (SSSR count). The maximum absolute atomic E-state index is 10.3. The number of aliphatic hydroxyl groups excluding tert-OH is 1. The number of thiophene rings is 1. The van der Waals surface area contributed by atoms with Crippen LogP contribution in [0.5, 0.6) is 0 Å². The zero-order valence-electron chi connectivity index (χ0n) is 8.25. The molecule has 0 aliphatic carbocycles. The van der Waals surface area contributed by atoms with Gasteiger partial charge in [0.1, 0.15) is 6.10 Å². The standard InChI is InChI=1S/C11H6Br2Cl2OS/c12-9-4-7(11(13)17-9)10(16)6-2-1-5(14)3-8(6)15/h1-4,10,16H. The Kier molecular flexibility index (Phi) is 4.55. The molecule has 1 nitrogen and oxygen atoms in total. The summed E-state index contributed by atoms with van der Waals surface area (Å²) in [4.78, 5) is 0. The largest absolute Gasteiger partial charge is 0.384 e. The summed E-state index contributed by atoms with van der Waals surface area (Å²) in [5.74, 6) is 0. The highest BCUT2D eigenvalue weighted by molar-refractivity contribution is 9.12. The first kappa shape index (κ1) is 13.8. The fraction of sp³-hybridized carbons (Fsp3) is 0.0909. The van der Waals surface area contributed by atoms with Crippen LogP contribution in [0.3, 0.4) is 0 Å². The lowest BCUT2D eigenvalue weighted by molar-refractivity contribution is 0.220. The lowest BCUT2D eigenvalue weighted by Crippen LogP contribution is -1.99. The van der Waals surface area contributed by atoms with E-state index in [0.717, 1.165) is 13.1 Å². The lowest BCUT2D eigenvalue weighted by Gasteiger charge is -2.12. The average Bonchev–Trinajstić information content (AvgIpc) is 2.57. The van der Waals surface area contributed by atoms with E-state index in [1.807, 2.05) is 6.07 Å². The molecule has 0 radical (unpaired) electrons. The van der Waals surface area contributed by atoms with Gasteiger partial charge in [-0.15, -0.1) is 11.3 Å². The monoisotopic (exact) mass is 414 g/mol. The molecule has 0 aliphatic heterocycles. The Bertz CT molecular complexity index is 556. The van der Waals surface area contributed by atoms with E-state index in [1.54, 1.807) is 18.2 Å². The molecule has 17 heavy (non-hydrogen) atoms. The summed E-state index contributed by atoms with van der Waals surface area (Å²) in [7, 11) is 0. The van der Waals surface area contributed by atoms with Crippen molar-refractivity contribution >= 4 is 66.4 Å². The first-order chi connectivity index (χ1) is 7.99. The van der Waals surface area contributed by atoms with Crippen molar-refractivity contribution in [1.82, 2.24) is 0 Å². The van der Waals surface area contributed by atoms with Crippen LogP contribution in [0.15, 0.2) is 31.8 Å². The van der Waals surface area contributed by atoms with Crippen molar-refractivity contribution in [3.05, 3.63) is 53.0 Å². The Balaban J connectivity index is 2.43. The van der Waals surface area contributed by atoms with Gasteiger partial charge in [-0.05, 0) is 50.1 Å². The number of aliphatic hydroxyl groups is 1. The van der Waals surface area contributed by atoms with Crippen LogP contribution in [0.2, 0.25) is 10.0 Å². The third kappa shape index (κ3) is 3.06. The second-order valence-corrected chi connectivity index (χ2v) is 7.94. The average molecular weight is 417 g/mol. The minimum absolute atomic E-state index is 0.458. The molecule has 0 spiro atoms. The van der Waals surface area contributed by atoms with Crippen molar-refractivity contribution in [2.24, 2.45) is 0 Å². The fourth-order valence-corrected chi connectivity index (χ4v) is 4.83. The number of hydrogen-bond donors (Lipinski definition) is 1. The van der Waals surface area contributed by atoms with Gasteiger partial charge in [-0.25, -0.2) is 0 Å². The van der Waals surface area contributed by atoms with Gasteiger partial charge in [-0.2, -0.15) is 0 Å². The van der Waals surface area contributed by atoms with E-state index >= 15 is 0 Å². The zero-order valence-corrected chi connectivity index (χ0v) is 13.8. The molecule has 1 aromatic heterocycles. The minimum atomic E-state index is -0.767. The van der Waals surface area contributed by atoms with Crippen molar-refractivity contribution < 1.29 is 5.11 Å². The van der Waals surface area contributed by atoms with Gasteiger partial charge in [0.15, 0.2) is 0 Å². The van der Waals surface area contributed by atoms with Crippen molar-refractivity contribution in [3.8, 4) is 0 Å². The number of hydrogen-bond acceptors (Lipinski definition) is 2. The molecule has 1 heterocycles. The molecule has 2 aromatic rings. The van der Waals surface area contributed by atoms with Gasteiger partial charge in [0.25, 0.3) is 0 Å². The van der Waals surface area contributed by atoms with E-state index in [4.69, 9.17) is 23.2 Å². The molecule has 1 aromatic carbocycles. The van der Waals surface area contributed by atoms with Crippen LogP contribution in [0.1, 0.15) is 17.2 Å². The first-order valence-corrected chi connectivity index (χ1v) is 7.72. The second kappa shape index (κ2) is 5.59. The molecule has 0 bridgehead atoms. The van der Waals surface area contributed by atoms with Gasteiger partial charge >= 0.3 is 0 Å². The summed E-state index contributed by atoms with van der Waals surface area (Å²) in [6.07, 6.45) is -0.767. The van der Waals surface area contributed by atoms with Crippen LogP contribution in [0, 0.1) is 0 Å². The molecule has 1 N–H and O–H groups in total. The maximum Gasteiger partial charge on any atom is 0.107 e.